The number of hydrogen-bond donors (Lipinski definition) is 1. The number of ether oxygens (including phenoxy) is 2. The standard InChI is InChI=1S/C34H44N4O3/c1-7-24-9-10-25(21-29(24)38-14-12-26(13-15-38)37-16-18-40-19-17-37)34(5,6)31-30(32(39)41-33(2,3)4)27-11-8-23(22-35)20-28(27)36-31/h8-11,20-21,26,36H,7,12-19H2,1-6H3. The molecule has 0 aliphatic carbocycles. The lowest BCUT2D eigenvalue weighted by Gasteiger charge is -2.41. The molecule has 0 amide bonds. The van der Waals surface area contributed by atoms with Crippen LogP contribution in [0.15, 0.2) is 36.4 Å². The van der Waals surface area contributed by atoms with E-state index in [1.54, 1.807) is 6.07 Å². The van der Waals surface area contributed by atoms with Crippen molar-refractivity contribution in [1.29, 1.82) is 5.26 Å². The number of benzene rings is 2. The first-order valence-electron chi connectivity index (χ1n) is 15.0. The first-order chi connectivity index (χ1) is 19.5. The largest absolute Gasteiger partial charge is 0.456 e. The van der Waals surface area contributed by atoms with Crippen LogP contribution >= 0.6 is 0 Å². The van der Waals surface area contributed by atoms with Crippen LogP contribution in [0, 0.1) is 11.3 Å². The van der Waals surface area contributed by atoms with Crippen molar-refractivity contribution < 1.29 is 14.3 Å². The van der Waals surface area contributed by atoms with Crippen LogP contribution in [0.3, 0.4) is 0 Å². The maximum absolute atomic E-state index is 13.6. The fraction of sp³-hybridized carbons (Fsp3) is 0.529. The highest BCUT2D eigenvalue weighted by Crippen LogP contribution is 2.40. The lowest BCUT2D eigenvalue weighted by molar-refractivity contribution is 0.00695. The van der Waals surface area contributed by atoms with Gasteiger partial charge in [-0.3, -0.25) is 4.90 Å². The molecule has 2 saturated heterocycles. The third-order valence-electron chi connectivity index (χ3n) is 8.71. The summed E-state index contributed by atoms with van der Waals surface area (Å²) in [4.78, 5) is 22.3. The average Bonchev–Trinajstić information content (AvgIpc) is 3.36. The third-order valence-corrected chi connectivity index (χ3v) is 8.71. The number of carbonyl (C=O) groups excluding carboxylic acids is 1. The molecule has 2 aliphatic heterocycles. The molecule has 3 aromatic rings. The van der Waals surface area contributed by atoms with Crippen molar-refractivity contribution in [2.24, 2.45) is 0 Å². The minimum atomic E-state index is -0.627. The molecule has 0 unspecified atom stereocenters. The summed E-state index contributed by atoms with van der Waals surface area (Å²) in [5.41, 5.74) is 5.28. The Labute approximate surface area is 244 Å². The summed E-state index contributed by atoms with van der Waals surface area (Å²) in [5.74, 6) is -0.355. The van der Waals surface area contributed by atoms with Crippen LogP contribution in [0.1, 0.15) is 87.1 Å². The second-order valence-electron chi connectivity index (χ2n) is 12.9. The van der Waals surface area contributed by atoms with E-state index in [1.807, 2.05) is 32.9 Å². The Morgan fingerprint density at radius 2 is 1.76 bits per heavy atom. The van der Waals surface area contributed by atoms with Gasteiger partial charge in [0.2, 0.25) is 0 Å². The summed E-state index contributed by atoms with van der Waals surface area (Å²) >= 11 is 0. The highest BCUT2D eigenvalue weighted by atomic mass is 16.6. The second-order valence-corrected chi connectivity index (χ2v) is 12.9. The Bertz CT molecular complexity index is 1450. The molecule has 5 rings (SSSR count). The highest BCUT2D eigenvalue weighted by Gasteiger charge is 2.35. The Morgan fingerprint density at radius 3 is 2.39 bits per heavy atom. The van der Waals surface area contributed by atoms with E-state index in [0.29, 0.717) is 17.2 Å². The first-order valence-corrected chi connectivity index (χ1v) is 15.0. The summed E-state index contributed by atoms with van der Waals surface area (Å²) in [6.07, 6.45) is 3.28. The number of nitrogens with one attached hydrogen (secondary N) is 1. The molecule has 0 saturated carbocycles. The smallest absolute Gasteiger partial charge is 0.341 e. The summed E-state index contributed by atoms with van der Waals surface area (Å²) in [6.45, 7) is 18.0. The number of aromatic nitrogens is 1. The fourth-order valence-corrected chi connectivity index (χ4v) is 6.38. The van der Waals surface area contributed by atoms with Gasteiger partial charge in [-0.2, -0.15) is 5.26 Å². The molecule has 1 N–H and O–H groups in total. The molecule has 7 heteroatoms. The predicted molar refractivity (Wildman–Crippen MR) is 164 cm³/mol. The van der Waals surface area contributed by atoms with Gasteiger partial charge >= 0.3 is 5.97 Å². The van der Waals surface area contributed by atoms with Gasteiger partial charge in [-0.25, -0.2) is 4.79 Å². The predicted octanol–water partition coefficient (Wildman–Crippen LogP) is 6.18. The van der Waals surface area contributed by atoms with Gasteiger partial charge in [-0.15, -0.1) is 0 Å². The van der Waals surface area contributed by atoms with Crippen molar-refractivity contribution in [3.05, 3.63) is 64.3 Å². The van der Waals surface area contributed by atoms with Crippen LogP contribution in [-0.4, -0.2) is 66.9 Å². The quantitative estimate of drug-likeness (QED) is 0.365. The normalized spacial score (nSPS) is 17.5. The lowest BCUT2D eigenvalue weighted by Crippen LogP contribution is -2.49. The molecule has 2 aliphatic rings. The monoisotopic (exact) mass is 556 g/mol. The molecule has 7 nitrogen and oxygen atoms in total. The number of carbonyl (C=O) groups is 1. The number of anilines is 1. The molecular formula is C34H44N4O3. The van der Waals surface area contributed by atoms with Crippen LogP contribution < -0.4 is 4.90 Å². The molecule has 0 bridgehead atoms. The van der Waals surface area contributed by atoms with Crippen LogP contribution in [0.2, 0.25) is 0 Å². The van der Waals surface area contributed by atoms with Crippen LogP contribution in [0.25, 0.3) is 10.9 Å². The van der Waals surface area contributed by atoms with E-state index < -0.39 is 11.0 Å². The van der Waals surface area contributed by atoms with Crippen molar-refractivity contribution in [3.63, 3.8) is 0 Å². The highest BCUT2D eigenvalue weighted by molar-refractivity contribution is 6.06. The first kappa shape index (κ1) is 29.2. The molecule has 41 heavy (non-hydrogen) atoms. The maximum Gasteiger partial charge on any atom is 0.341 e. The fourth-order valence-electron chi connectivity index (χ4n) is 6.38. The Morgan fingerprint density at radius 1 is 1.05 bits per heavy atom. The molecule has 2 aromatic carbocycles. The number of H-pyrrole nitrogens is 1. The molecule has 2 fully saturated rings. The Balaban J connectivity index is 1.51. The molecule has 1 aromatic heterocycles. The van der Waals surface area contributed by atoms with Crippen molar-refractivity contribution in [1.82, 2.24) is 9.88 Å². The van der Waals surface area contributed by atoms with E-state index in [4.69, 9.17) is 9.47 Å². The lowest BCUT2D eigenvalue weighted by atomic mass is 9.78. The topological polar surface area (TPSA) is 81.6 Å². The SMILES string of the molecule is CCc1ccc(C(C)(C)c2[nH]c3cc(C#N)ccc3c2C(=O)OC(C)(C)C)cc1N1CCC(N2CCOCC2)CC1. The molecule has 3 heterocycles. The number of aromatic amines is 1. The van der Waals surface area contributed by atoms with Crippen molar-refractivity contribution in [2.45, 2.75) is 77.9 Å². The molecule has 0 atom stereocenters. The van der Waals surface area contributed by atoms with Gasteiger partial charge in [0.05, 0.1) is 30.4 Å². The number of morpholine rings is 1. The number of aryl methyl sites for hydroxylation is 1. The molecule has 0 spiro atoms. The van der Waals surface area contributed by atoms with Crippen molar-refractivity contribution >= 4 is 22.6 Å². The zero-order chi connectivity index (χ0) is 29.4. The number of rotatable bonds is 6. The minimum absolute atomic E-state index is 0.355. The van der Waals surface area contributed by atoms with Gasteiger partial charge in [0.1, 0.15) is 5.60 Å². The minimum Gasteiger partial charge on any atom is -0.456 e. The van der Waals surface area contributed by atoms with Gasteiger partial charge in [0.15, 0.2) is 0 Å². The van der Waals surface area contributed by atoms with Gasteiger partial charge < -0.3 is 19.4 Å². The zero-order valence-corrected chi connectivity index (χ0v) is 25.5. The average molecular weight is 557 g/mol. The summed E-state index contributed by atoms with van der Waals surface area (Å²) in [7, 11) is 0. The van der Waals surface area contributed by atoms with E-state index in [0.717, 1.165) is 80.8 Å². The summed E-state index contributed by atoms with van der Waals surface area (Å²) in [6, 6.07) is 15.1. The molecule has 218 valence electrons. The summed E-state index contributed by atoms with van der Waals surface area (Å²) < 4.78 is 11.5. The second kappa shape index (κ2) is 11.5. The molecular weight excluding hydrogens is 512 g/mol. The van der Waals surface area contributed by atoms with Gasteiger partial charge in [0, 0.05) is 59.9 Å². The van der Waals surface area contributed by atoms with Gasteiger partial charge in [0.25, 0.3) is 0 Å². The maximum atomic E-state index is 13.6. The Kier molecular flexibility index (Phi) is 8.18. The number of nitriles is 1. The molecule has 0 radical (unpaired) electrons. The Hall–Kier alpha value is -3.34. The number of hydrogen-bond acceptors (Lipinski definition) is 6. The van der Waals surface area contributed by atoms with Crippen molar-refractivity contribution in [2.75, 3.05) is 44.3 Å². The van der Waals surface area contributed by atoms with E-state index >= 15 is 0 Å². The summed E-state index contributed by atoms with van der Waals surface area (Å²) in [5, 5.41) is 10.3. The number of fused-ring (bicyclic) bond motifs is 1. The van der Waals surface area contributed by atoms with Gasteiger partial charge in [-0.1, -0.05) is 39.0 Å². The number of esters is 1. The van der Waals surface area contributed by atoms with Crippen LogP contribution in [0.5, 0.6) is 0 Å². The van der Waals surface area contributed by atoms with E-state index in [1.165, 1.54) is 11.3 Å². The number of nitrogens with zero attached hydrogens (tertiary/aromatic N) is 3. The van der Waals surface area contributed by atoms with Crippen LogP contribution in [-0.2, 0) is 21.3 Å². The number of piperidine rings is 1. The van der Waals surface area contributed by atoms with E-state index in [-0.39, 0.29) is 5.97 Å². The van der Waals surface area contributed by atoms with E-state index in [2.05, 4.69) is 59.8 Å². The zero-order valence-electron chi connectivity index (χ0n) is 25.5. The van der Waals surface area contributed by atoms with Crippen LogP contribution in [0.4, 0.5) is 5.69 Å². The third kappa shape index (κ3) is 6.00. The van der Waals surface area contributed by atoms with E-state index in [9.17, 15) is 10.1 Å². The van der Waals surface area contributed by atoms with Crippen molar-refractivity contribution in [3.8, 4) is 6.07 Å². The van der Waals surface area contributed by atoms with Gasteiger partial charge in [-0.05, 0) is 69.4 Å².